The molecule has 1 aromatic carbocycles. The number of carbonyl (C=O) groups excluding carboxylic acids is 1. The molecule has 0 spiro atoms. The lowest BCUT2D eigenvalue weighted by Crippen LogP contribution is -2.13. The minimum Gasteiger partial charge on any atom is -0.322 e. The topological polar surface area (TPSA) is 68.0 Å². The molecule has 0 saturated heterocycles. The van der Waals surface area contributed by atoms with Gasteiger partial charge in [-0.2, -0.15) is 0 Å². The Balaban J connectivity index is 2.19. The maximum atomic E-state index is 12.3. The summed E-state index contributed by atoms with van der Waals surface area (Å²) < 4.78 is 0. The number of nitrogens with zero attached hydrogens (tertiary/aromatic N) is 1. The van der Waals surface area contributed by atoms with Crippen molar-refractivity contribution in [2.45, 2.75) is 13.3 Å². The first kappa shape index (κ1) is 14.8. The third-order valence-electron chi connectivity index (χ3n) is 3.01. The average Bonchev–Trinajstić information content (AvgIpc) is 2.54. The van der Waals surface area contributed by atoms with Gasteiger partial charge in [0.15, 0.2) is 0 Å². The molecule has 2 rings (SSSR count). The van der Waals surface area contributed by atoms with Gasteiger partial charge >= 0.3 is 0 Å². The standard InChI is InChI=1S/C17H17N3O/c1-2-13-5-7-15(8-6-13)20-17(21)16-9-11-19-12-14(16)4-3-10-18/h5-9,11-12H,2,10,18H2,1H3,(H,20,21). The first-order chi connectivity index (χ1) is 10.2. The van der Waals surface area contributed by atoms with Gasteiger partial charge in [-0.25, -0.2) is 0 Å². The Bertz CT molecular complexity index is 681. The van der Waals surface area contributed by atoms with Gasteiger partial charge in [-0.3, -0.25) is 9.78 Å². The molecule has 1 amide bonds. The van der Waals surface area contributed by atoms with Gasteiger partial charge in [0, 0.05) is 18.1 Å². The highest BCUT2D eigenvalue weighted by atomic mass is 16.1. The van der Waals surface area contributed by atoms with Crippen molar-refractivity contribution in [3.05, 3.63) is 59.4 Å². The number of amides is 1. The molecule has 0 bridgehead atoms. The molecular formula is C17H17N3O. The molecule has 21 heavy (non-hydrogen) atoms. The smallest absolute Gasteiger partial charge is 0.257 e. The third kappa shape index (κ3) is 3.91. The van der Waals surface area contributed by atoms with Crippen LogP contribution in [0.2, 0.25) is 0 Å². The van der Waals surface area contributed by atoms with Gasteiger partial charge in [-0.05, 0) is 30.2 Å². The largest absolute Gasteiger partial charge is 0.322 e. The fourth-order valence-electron chi connectivity index (χ4n) is 1.86. The van der Waals surface area contributed by atoms with Crippen molar-refractivity contribution in [2.75, 3.05) is 11.9 Å². The van der Waals surface area contributed by atoms with Crippen LogP contribution in [0.1, 0.15) is 28.4 Å². The van der Waals surface area contributed by atoms with Crippen molar-refractivity contribution in [3.8, 4) is 11.8 Å². The van der Waals surface area contributed by atoms with Crippen LogP contribution < -0.4 is 11.1 Å². The molecule has 0 aliphatic carbocycles. The Morgan fingerprint density at radius 1 is 1.29 bits per heavy atom. The number of nitrogens with two attached hydrogens (primary N) is 1. The summed E-state index contributed by atoms with van der Waals surface area (Å²) in [5.74, 6) is 5.39. The van der Waals surface area contributed by atoms with E-state index in [0.29, 0.717) is 11.1 Å². The summed E-state index contributed by atoms with van der Waals surface area (Å²) in [5.41, 5.74) is 8.41. The van der Waals surface area contributed by atoms with Crippen molar-refractivity contribution >= 4 is 11.6 Å². The van der Waals surface area contributed by atoms with Crippen LogP contribution in [0.5, 0.6) is 0 Å². The minimum absolute atomic E-state index is 0.206. The molecule has 0 radical (unpaired) electrons. The van der Waals surface area contributed by atoms with Crippen LogP contribution in [0.15, 0.2) is 42.7 Å². The normalized spacial score (nSPS) is 9.62. The van der Waals surface area contributed by atoms with E-state index in [9.17, 15) is 4.79 Å². The molecule has 1 aromatic heterocycles. The lowest BCUT2D eigenvalue weighted by Gasteiger charge is -2.07. The molecule has 0 aliphatic heterocycles. The van der Waals surface area contributed by atoms with Crippen LogP contribution in [-0.2, 0) is 6.42 Å². The highest BCUT2D eigenvalue weighted by Gasteiger charge is 2.10. The second kappa shape index (κ2) is 7.22. The summed E-state index contributed by atoms with van der Waals surface area (Å²) in [5, 5.41) is 2.86. The van der Waals surface area contributed by atoms with Gasteiger partial charge in [0.25, 0.3) is 5.91 Å². The summed E-state index contributed by atoms with van der Waals surface area (Å²) in [6.07, 6.45) is 4.11. The minimum atomic E-state index is -0.206. The van der Waals surface area contributed by atoms with E-state index < -0.39 is 0 Å². The number of benzene rings is 1. The Labute approximate surface area is 124 Å². The molecule has 0 unspecified atom stereocenters. The Hall–Kier alpha value is -2.64. The van der Waals surface area contributed by atoms with Crippen LogP contribution in [-0.4, -0.2) is 17.4 Å². The van der Waals surface area contributed by atoms with Gasteiger partial charge in [-0.15, -0.1) is 0 Å². The number of nitrogens with one attached hydrogen (secondary N) is 1. The predicted octanol–water partition coefficient (Wildman–Crippen LogP) is 2.21. The second-order valence-corrected chi connectivity index (χ2v) is 4.43. The van der Waals surface area contributed by atoms with Gasteiger partial charge in [0.2, 0.25) is 0 Å². The van der Waals surface area contributed by atoms with E-state index in [0.717, 1.165) is 12.1 Å². The van der Waals surface area contributed by atoms with E-state index in [1.54, 1.807) is 18.5 Å². The fourth-order valence-corrected chi connectivity index (χ4v) is 1.86. The number of aryl methyl sites for hydroxylation is 1. The van der Waals surface area contributed by atoms with Gasteiger partial charge in [0.1, 0.15) is 0 Å². The molecule has 0 aliphatic rings. The summed E-state index contributed by atoms with van der Waals surface area (Å²) in [4.78, 5) is 16.3. The molecule has 4 heteroatoms. The zero-order valence-corrected chi connectivity index (χ0v) is 11.9. The van der Waals surface area contributed by atoms with E-state index in [2.05, 4.69) is 29.1 Å². The molecule has 0 atom stereocenters. The van der Waals surface area contributed by atoms with Crippen molar-refractivity contribution in [1.82, 2.24) is 4.98 Å². The summed E-state index contributed by atoms with van der Waals surface area (Å²) >= 11 is 0. The maximum absolute atomic E-state index is 12.3. The molecule has 0 saturated carbocycles. The predicted molar refractivity (Wildman–Crippen MR) is 83.9 cm³/mol. The van der Waals surface area contributed by atoms with E-state index in [1.165, 1.54) is 5.56 Å². The average molecular weight is 279 g/mol. The number of hydrogen-bond acceptors (Lipinski definition) is 3. The number of pyridine rings is 1. The molecule has 2 aromatic rings. The van der Waals surface area contributed by atoms with Gasteiger partial charge in [0.05, 0.1) is 17.7 Å². The number of rotatable bonds is 3. The SMILES string of the molecule is CCc1ccc(NC(=O)c2ccncc2C#CCN)cc1. The number of hydrogen-bond donors (Lipinski definition) is 2. The summed E-state index contributed by atoms with van der Waals surface area (Å²) in [6, 6.07) is 9.43. The Morgan fingerprint density at radius 2 is 2.05 bits per heavy atom. The summed E-state index contributed by atoms with van der Waals surface area (Å²) in [6.45, 7) is 2.33. The highest BCUT2D eigenvalue weighted by Crippen LogP contribution is 2.13. The van der Waals surface area contributed by atoms with Crippen molar-refractivity contribution in [3.63, 3.8) is 0 Å². The quantitative estimate of drug-likeness (QED) is 0.846. The number of aromatic nitrogens is 1. The maximum Gasteiger partial charge on any atom is 0.257 e. The lowest BCUT2D eigenvalue weighted by molar-refractivity contribution is 0.102. The van der Waals surface area contributed by atoms with Crippen LogP contribution in [0, 0.1) is 11.8 Å². The van der Waals surface area contributed by atoms with E-state index in [-0.39, 0.29) is 12.5 Å². The van der Waals surface area contributed by atoms with Crippen molar-refractivity contribution in [2.24, 2.45) is 5.73 Å². The summed E-state index contributed by atoms with van der Waals surface area (Å²) in [7, 11) is 0. The van der Waals surface area contributed by atoms with E-state index >= 15 is 0 Å². The molecule has 1 heterocycles. The molecular weight excluding hydrogens is 262 g/mol. The fraction of sp³-hybridized carbons (Fsp3) is 0.176. The monoisotopic (exact) mass is 279 g/mol. The Kier molecular flexibility index (Phi) is 5.08. The van der Waals surface area contributed by atoms with Crippen LogP contribution in [0.25, 0.3) is 0 Å². The van der Waals surface area contributed by atoms with E-state index in [1.807, 2.05) is 24.3 Å². The van der Waals surface area contributed by atoms with Crippen molar-refractivity contribution in [1.29, 1.82) is 0 Å². The lowest BCUT2D eigenvalue weighted by atomic mass is 10.1. The van der Waals surface area contributed by atoms with Gasteiger partial charge in [-0.1, -0.05) is 30.9 Å². The Morgan fingerprint density at radius 3 is 2.71 bits per heavy atom. The van der Waals surface area contributed by atoms with Crippen LogP contribution in [0.4, 0.5) is 5.69 Å². The van der Waals surface area contributed by atoms with Crippen LogP contribution in [0.3, 0.4) is 0 Å². The molecule has 0 fully saturated rings. The van der Waals surface area contributed by atoms with Gasteiger partial charge < -0.3 is 11.1 Å². The van der Waals surface area contributed by atoms with Crippen molar-refractivity contribution < 1.29 is 4.79 Å². The first-order valence-corrected chi connectivity index (χ1v) is 6.78. The number of carbonyl (C=O) groups is 1. The second-order valence-electron chi connectivity index (χ2n) is 4.43. The zero-order chi connectivity index (χ0) is 15.1. The third-order valence-corrected chi connectivity index (χ3v) is 3.01. The zero-order valence-electron chi connectivity index (χ0n) is 11.9. The van der Waals surface area contributed by atoms with Crippen LogP contribution >= 0.6 is 0 Å². The molecule has 106 valence electrons. The first-order valence-electron chi connectivity index (χ1n) is 6.78. The number of anilines is 1. The molecule has 3 N–H and O–H groups in total. The molecule has 4 nitrogen and oxygen atoms in total. The van der Waals surface area contributed by atoms with E-state index in [4.69, 9.17) is 5.73 Å². The highest BCUT2D eigenvalue weighted by molar-refractivity contribution is 6.05.